The van der Waals surface area contributed by atoms with Gasteiger partial charge in [-0.05, 0) is 62.3 Å². The number of benzene rings is 2. The first kappa shape index (κ1) is 20.8. The van der Waals surface area contributed by atoms with Gasteiger partial charge in [-0.15, -0.1) is 0 Å². The highest BCUT2D eigenvalue weighted by Gasteiger charge is 2.25. The molecule has 2 aromatic carbocycles. The summed E-state index contributed by atoms with van der Waals surface area (Å²) in [5.74, 6) is 0. The van der Waals surface area contributed by atoms with E-state index < -0.39 is 0 Å². The molecule has 2 aromatic rings. The second kappa shape index (κ2) is 10.0. The topological polar surface area (TPSA) is 30.5 Å². The normalized spacial score (nSPS) is 18.0. The van der Waals surface area contributed by atoms with E-state index in [1.54, 1.807) is 0 Å². The van der Waals surface area contributed by atoms with Crippen LogP contribution >= 0.6 is 12.2 Å². The van der Waals surface area contributed by atoms with Gasteiger partial charge in [0.2, 0.25) is 0 Å². The van der Waals surface area contributed by atoms with Gasteiger partial charge >= 0.3 is 0 Å². The van der Waals surface area contributed by atoms with Crippen molar-refractivity contribution in [2.75, 3.05) is 45.1 Å². The molecule has 0 radical (unpaired) electrons. The van der Waals surface area contributed by atoms with E-state index in [-0.39, 0.29) is 0 Å². The Hall–Kier alpha value is -1.95. The molecule has 1 saturated heterocycles. The summed E-state index contributed by atoms with van der Waals surface area (Å²) in [4.78, 5) is 5.04. The molecule has 150 valence electrons. The minimum absolute atomic E-state index is 0.472. The number of rotatable bonds is 6. The van der Waals surface area contributed by atoms with E-state index in [4.69, 9.17) is 12.2 Å². The van der Waals surface area contributed by atoms with Gasteiger partial charge < -0.3 is 15.5 Å². The number of nitrogens with one attached hydrogen (secondary N) is 2. The van der Waals surface area contributed by atoms with Crippen LogP contribution in [0.5, 0.6) is 0 Å². The van der Waals surface area contributed by atoms with Crippen molar-refractivity contribution in [3.05, 3.63) is 65.2 Å². The fourth-order valence-electron chi connectivity index (χ4n) is 3.74. The SMILES string of the molecule is Cc1ccc(C)c(NC(=S)NCCCN2CCN(C)C[C@H]2c2ccccc2)c1. The quantitative estimate of drug-likeness (QED) is 0.570. The molecule has 3 rings (SSSR count). The van der Waals surface area contributed by atoms with Crippen LogP contribution in [0.2, 0.25) is 0 Å². The summed E-state index contributed by atoms with van der Waals surface area (Å²) in [7, 11) is 2.21. The number of nitrogens with zero attached hydrogens (tertiary/aromatic N) is 2. The fourth-order valence-corrected chi connectivity index (χ4v) is 3.95. The van der Waals surface area contributed by atoms with Gasteiger partial charge in [0.25, 0.3) is 0 Å². The Kier molecular flexibility index (Phi) is 7.43. The van der Waals surface area contributed by atoms with Crippen molar-refractivity contribution < 1.29 is 0 Å². The molecule has 4 nitrogen and oxygen atoms in total. The lowest BCUT2D eigenvalue weighted by molar-refractivity contribution is 0.0891. The summed E-state index contributed by atoms with van der Waals surface area (Å²) in [6.07, 6.45) is 1.07. The van der Waals surface area contributed by atoms with Crippen LogP contribution in [0.25, 0.3) is 0 Å². The van der Waals surface area contributed by atoms with Crippen LogP contribution in [0.15, 0.2) is 48.5 Å². The average molecular weight is 397 g/mol. The minimum atomic E-state index is 0.472. The Labute approximate surface area is 174 Å². The summed E-state index contributed by atoms with van der Waals surface area (Å²) in [5, 5.41) is 7.39. The summed E-state index contributed by atoms with van der Waals surface area (Å²) in [6.45, 7) is 9.48. The largest absolute Gasteiger partial charge is 0.362 e. The van der Waals surface area contributed by atoms with Gasteiger partial charge in [0, 0.05) is 44.5 Å². The van der Waals surface area contributed by atoms with Crippen LogP contribution in [0, 0.1) is 13.8 Å². The monoisotopic (exact) mass is 396 g/mol. The molecule has 1 aliphatic heterocycles. The lowest BCUT2D eigenvalue weighted by atomic mass is 10.0. The van der Waals surface area contributed by atoms with Crippen LogP contribution in [0.3, 0.4) is 0 Å². The molecular weight excluding hydrogens is 364 g/mol. The van der Waals surface area contributed by atoms with Gasteiger partial charge in [-0.1, -0.05) is 42.5 Å². The maximum atomic E-state index is 5.48. The number of thiocarbonyl (C=S) groups is 1. The summed E-state index contributed by atoms with van der Waals surface area (Å²) in [5.41, 5.74) is 4.94. The van der Waals surface area contributed by atoms with Crippen molar-refractivity contribution in [2.24, 2.45) is 0 Å². The summed E-state index contributed by atoms with van der Waals surface area (Å²) >= 11 is 5.48. The first-order chi connectivity index (χ1) is 13.5. The molecule has 28 heavy (non-hydrogen) atoms. The van der Waals surface area contributed by atoms with Crippen molar-refractivity contribution in [3.63, 3.8) is 0 Å². The lowest BCUT2D eigenvalue weighted by Crippen LogP contribution is -2.47. The van der Waals surface area contributed by atoms with Gasteiger partial charge in [0.1, 0.15) is 0 Å². The predicted molar refractivity (Wildman–Crippen MR) is 123 cm³/mol. The molecule has 0 spiro atoms. The molecule has 1 heterocycles. The Morgan fingerprint density at radius 2 is 1.89 bits per heavy atom. The summed E-state index contributed by atoms with van der Waals surface area (Å²) in [6, 6.07) is 17.7. The van der Waals surface area contributed by atoms with Crippen LogP contribution < -0.4 is 10.6 Å². The molecule has 0 saturated carbocycles. The molecule has 0 aromatic heterocycles. The van der Waals surface area contributed by atoms with E-state index >= 15 is 0 Å². The average Bonchev–Trinajstić information content (AvgIpc) is 2.69. The van der Waals surface area contributed by atoms with Crippen LogP contribution in [0.1, 0.15) is 29.2 Å². The Bertz CT molecular complexity index is 777. The van der Waals surface area contributed by atoms with Crippen molar-refractivity contribution in [2.45, 2.75) is 26.3 Å². The second-order valence-corrected chi connectivity index (χ2v) is 8.19. The molecular formula is C23H32N4S. The van der Waals surface area contributed by atoms with Crippen LogP contribution in [-0.4, -0.2) is 54.7 Å². The van der Waals surface area contributed by atoms with Crippen molar-refractivity contribution in [1.29, 1.82) is 0 Å². The maximum absolute atomic E-state index is 5.48. The van der Waals surface area contributed by atoms with Gasteiger partial charge in [-0.3, -0.25) is 4.90 Å². The van der Waals surface area contributed by atoms with E-state index in [9.17, 15) is 0 Å². The van der Waals surface area contributed by atoms with Crippen molar-refractivity contribution >= 4 is 23.0 Å². The predicted octanol–water partition coefficient (Wildman–Crippen LogP) is 3.97. The number of likely N-dealkylation sites (N-methyl/N-ethyl adjacent to an activating group) is 1. The molecule has 0 aliphatic carbocycles. The molecule has 1 fully saturated rings. The first-order valence-corrected chi connectivity index (χ1v) is 10.5. The zero-order valence-electron chi connectivity index (χ0n) is 17.2. The van der Waals surface area contributed by atoms with Crippen molar-refractivity contribution in [3.8, 4) is 0 Å². The highest BCUT2D eigenvalue weighted by atomic mass is 32.1. The molecule has 1 atom stereocenters. The molecule has 2 N–H and O–H groups in total. The van der Waals surface area contributed by atoms with Gasteiger partial charge in [0.05, 0.1) is 0 Å². The third-order valence-corrected chi connectivity index (χ3v) is 5.67. The third-order valence-electron chi connectivity index (χ3n) is 5.43. The summed E-state index contributed by atoms with van der Waals surface area (Å²) < 4.78 is 0. The van der Waals surface area contributed by atoms with E-state index in [0.29, 0.717) is 11.2 Å². The number of hydrogen-bond donors (Lipinski definition) is 2. The second-order valence-electron chi connectivity index (χ2n) is 7.78. The van der Waals surface area contributed by atoms with Gasteiger partial charge in [0.15, 0.2) is 5.11 Å². The van der Waals surface area contributed by atoms with E-state index in [2.05, 4.69) is 89.9 Å². The number of anilines is 1. The minimum Gasteiger partial charge on any atom is -0.362 e. The zero-order chi connectivity index (χ0) is 19.9. The molecule has 0 bridgehead atoms. The lowest BCUT2D eigenvalue weighted by Gasteiger charge is -2.40. The smallest absolute Gasteiger partial charge is 0.170 e. The van der Waals surface area contributed by atoms with E-state index in [1.807, 2.05) is 0 Å². The van der Waals surface area contributed by atoms with Crippen molar-refractivity contribution in [1.82, 2.24) is 15.1 Å². The van der Waals surface area contributed by atoms with Gasteiger partial charge in [-0.25, -0.2) is 0 Å². The molecule has 1 aliphatic rings. The molecule has 0 amide bonds. The van der Waals surface area contributed by atoms with E-state index in [1.165, 1.54) is 16.7 Å². The molecule has 5 heteroatoms. The Morgan fingerprint density at radius 1 is 1.11 bits per heavy atom. The highest BCUT2D eigenvalue weighted by molar-refractivity contribution is 7.80. The maximum Gasteiger partial charge on any atom is 0.170 e. The van der Waals surface area contributed by atoms with Crippen LogP contribution in [-0.2, 0) is 0 Å². The van der Waals surface area contributed by atoms with Gasteiger partial charge in [-0.2, -0.15) is 0 Å². The number of aryl methyl sites for hydroxylation is 2. The zero-order valence-corrected chi connectivity index (χ0v) is 18.1. The Balaban J connectivity index is 1.47. The Morgan fingerprint density at radius 3 is 2.68 bits per heavy atom. The fraction of sp³-hybridized carbons (Fsp3) is 0.435. The van der Waals surface area contributed by atoms with E-state index in [0.717, 1.165) is 44.8 Å². The van der Waals surface area contributed by atoms with Crippen LogP contribution in [0.4, 0.5) is 5.69 Å². The standard InChI is InChI=1S/C23H32N4S/c1-18-10-11-19(2)21(16-18)25-23(28)24-12-7-13-27-15-14-26(3)17-22(27)20-8-5-4-6-9-20/h4-6,8-11,16,22H,7,12-15,17H2,1-3H3,(H2,24,25,28)/t22-/m0/s1. The first-order valence-electron chi connectivity index (χ1n) is 10.1. The molecule has 0 unspecified atom stereocenters. The number of piperazine rings is 1. The highest BCUT2D eigenvalue weighted by Crippen LogP contribution is 2.24. The third kappa shape index (κ3) is 5.77. The number of hydrogen-bond acceptors (Lipinski definition) is 3.